The molecule has 0 aromatic heterocycles. The van der Waals surface area contributed by atoms with Gasteiger partial charge in [0, 0.05) is 25.6 Å². The summed E-state index contributed by atoms with van der Waals surface area (Å²) in [5, 5.41) is 12.8. The van der Waals surface area contributed by atoms with Gasteiger partial charge in [0.05, 0.1) is 12.1 Å². The number of hydrogen-bond donors (Lipinski definition) is 7. The van der Waals surface area contributed by atoms with Gasteiger partial charge in [-0.1, -0.05) is 111 Å². The molecular weight excluding hydrogens is 785 g/mol. The maximum atomic E-state index is 15.4. The highest BCUT2D eigenvalue weighted by atomic mass is 32.1. The molecule has 3 aromatic carbocycles. The van der Waals surface area contributed by atoms with E-state index < -0.39 is 83.0 Å². The van der Waals surface area contributed by atoms with Gasteiger partial charge in [0.25, 0.3) is 0 Å². The number of hydrogen-bond acceptors (Lipinski definition) is 10. The maximum absolute atomic E-state index is 15.4. The number of thiol groups is 1. The molecule has 0 fully saturated rings. The number of amides is 6. The van der Waals surface area contributed by atoms with Gasteiger partial charge < -0.3 is 31.7 Å². The second kappa shape index (κ2) is 22.7. The molecular formula is C45H59N6O8S. The summed E-state index contributed by atoms with van der Waals surface area (Å²) in [6.45, 7) is 10.4. The maximum Gasteiger partial charge on any atom is 0.414 e. The molecule has 323 valence electrons. The summed E-state index contributed by atoms with van der Waals surface area (Å²) in [7, 11) is 3.61. The van der Waals surface area contributed by atoms with Gasteiger partial charge in [0.2, 0.25) is 29.5 Å². The molecule has 0 saturated carbocycles. The average molecular weight is 844 g/mol. The van der Waals surface area contributed by atoms with Crippen molar-refractivity contribution < 1.29 is 38.3 Å². The van der Waals surface area contributed by atoms with Crippen LogP contribution in [0.25, 0.3) is 0 Å². The van der Waals surface area contributed by atoms with Crippen LogP contribution in [0, 0.1) is 19.9 Å². The first-order valence-corrected chi connectivity index (χ1v) is 20.6. The van der Waals surface area contributed by atoms with Gasteiger partial charge in [-0.05, 0) is 63.1 Å². The quantitative estimate of drug-likeness (QED) is 0.0650. The fraction of sp³-hybridized carbons (Fsp3) is 0.422. The zero-order chi connectivity index (χ0) is 44.6. The first-order valence-electron chi connectivity index (χ1n) is 19.9. The van der Waals surface area contributed by atoms with Gasteiger partial charge in [0.1, 0.15) is 23.1 Å². The van der Waals surface area contributed by atoms with E-state index in [0.29, 0.717) is 23.1 Å². The Labute approximate surface area is 358 Å². The molecule has 3 rings (SSSR count). The lowest BCUT2D eigenvalue weighted by Gasteiger charge is -2.35. The number of benzene rings is 3. The minimum atomic E-state index is -1.99. The van der Waals surface area contributed by atoms with Crippen molar-refractivity contribution in [3.05, 3.63) is 114 Å². The Morgan fingerprint density at radius 3 is 1.92 bits per heavy atom. The topological polar surface area (TPSA) is 215 Å². The number of Topliss-reactive ketones (excluding diaryl/α,β-unsaturated/α-hetero) is 1. The van der Waals surface area contributed by atoms with Crippen LogP contribution in [0.3, 0.4) is 0 Å². The number of rotatable bonds is 20. The van der Waals surface area contributed by atoms with Crippen molar-refractivity contribution in [3.8, 4) is 0 Å². The molecule has 1 radical (unpaired) electrons. The van der Waals surface area contributed by atoms with Gasteiger partial charge in [-0.3, -0.25) is 34.1 Å². The van der Waals surface area contributed by atoms with E-state index in [2.05, 4.69) is 46.3 Å². The average Bonchev–Trinajstić information content (AvgIpc) is 3.22. The highest BCUT2D eigenvalue weighted by molar-refractivity contribution is 7.80. The first kappa shape index (κ1) is 48.8. The number of imide groups is 1. The second-order valence-corrected chi connectivity index (χ2v) is 16.2. The largest absolute Gasteiger partial charge is 0.444 e. The zero-order valence-corrected chi connectivity index (χ0v) is 36.1. The monoisotopic (exact) mass is 843 g/mol. The Balaban J connectivity index is 2.15. The number of carbonyl (C=O) groups excluding carboxylic acids is 7. The zero-order valence-electron chi connectivity index (χ0n) is 35.2. The lowest BCUT2D eigenvalue weighted by atomic mass is 9.69. The van der Waals surface area contributed by atoms with Crippen LogP contribution >= 0.6 is 12.6 Å². The van der Waals surface area contributed by atoms with E-state index in [4.69, 9.17) is 10.5 Å². The summed E-state index contributed by atoms with van der Waals surface area (Å²) in [6.07, 6.45) is -1.53. The third-order valence-electron chi connectivity index (χ3n) is 10.0. The number of alkyl carbamates (subject to hydrolysis) is 1. The molecule has 0 unspecified atom stereocenters. The van der Waals surface area contributed by atoms with Crippen molar-refractivity contribution in [2.75, 3.05) is 5.75 Å². The van der Waals surface area contributed by atoms with Crippen molar-refractivity contribution in [1.29, 1.82) is 0 Å². The Kier molecular flexibility index (Phi) is 18.5. The number of nitrogens with two attached hydrogens (primary N) is 1. The number of ketones is 1. The number of nitrogens with one attached hydrogen (secondary N) is 5. The van der Waals surface area contributed by atoms with Crippen LogP contribution in [0.4, 0.5) is 4.79 Å². The number of aryl methyl sites for hydroxylation is 1. The Morgan fingerprint density at radius 2 is 1.37 bits per heavy atom. The standard InChI is InChI=1S/C45H59N6O8S/c1-8-29(3)37(51-39(54)33(46)27-60)41(56)49-35(25-30-15-11-9-12-16-30)40(55)48-34(23-24-36(52)50-43(58)59-44(4,5)6)38(53)45(42(57)47-7,32-17-13-10-14-18-32)26-31-21-19-28(2)20-22-31/h9-22,29,33-35,37,60H,7-8,23-27,46H2,1-6H3,(H,47,57)(H,48,55)(H,49,56)(H,51,54)(H,50,52,58)/t29-,33-,34-,35-,37-,45-/m0/s1. The van der Waals surface area contributed by atoms with Gasteiger partial charge in [-0.25, -0.2) is 4.79 Å². The molecule has 0 aliphatic rings. The molecule has 0 spiro atoms. The SMILES string of the molecule is [CH2]NC(=O)[C@](Cc1ccc(C)cc1)(C(=O)[C@H](CCC(=O)NC(=O)OC(C)(C)C)NC(=O)[C@H](Cc1ccccc1)NC(=O)[C@@H](NC(=O)[C@@H](N)CS)[C@@H](C)CC)c1ccccc1. The second-order valence-electron chi connectivity index (χ2n) is 15.9. The van der Waals surface area contributed by atoms with Crippen LogP contribution in [0.15, 0.2) is 84.9 Å². The first-order chi connectivity index (χ1) is 28.3. The Bertz CT molecular complexity index is 1940. The van der Waals surface area contributed by atoms with Crippen LogP contribution in [-0.2, 0) is 51.8 Å². The van der Waals surface area contributed by atoms with Crippen LogP contribution in [0.2, 0.25) is 0 Å². The minimum Gasteiger partial charge on any atom is -0.444 e. The van der Waals surface area contributed by atoms with Gasteiger partial charge >= 0.3 is 6.09 Å². The molecule has 14 nitrogen and oxygen atoms in total. The summed E-state index contributed by atoms with van der Waals surface area (Å²) in [5.41, 5.74) is 5.54. The molecule has 3 aromatic rings. The molecule has 0 saturated heterocycles. The third-order valence-corrected chi connectivity index (χ3v) is 10.4. The van der Waals surface area contributed by atoms with Crippen molar-refractivity contribution in [3.63, 3.8) is 0 Å². The summed E-state index contributed by atoms with van der Waals surface area (Å²) < 4.78 is 5.23. The summed E-state index contributed by atoms with van der Waals surface area (Å²) in [5.74, 6) is -4.77. The van der Waals surface area contributed by atoms with E-state index in [0.717, 1.165) is 5.56 Å². The van der Waals surface area contributed by atoms with Crippen LogP contribution < -0.4 is 32.3 Å². The molecule has 6 atom stereocenters. The van der Waals surface area contributed by atoms with Crippen LogP contribution in [0.5, 0.6) is 0 Å². The molecule has 0 heterocycles. The fourth-order valence-corrected chi connectivity index (χ4v) is 6.67. The van der Waals surface area contributed by atoms with E-state index in [1.165, 1.54) is 0 Å². The van der Waals surface area contributed by atoms with E-state index in [9.17, 15) is 28.8 Å². The highest BCUT2D eigenvalue weighted by Gasteiger charge is 2.50. The summed E-state index contributed by atoms with van der Waals surface area (Å²) >= 11 is 4.10. The molecule has 0 aliphatic carbocycles. The molecule has 60 heavy (non-hydrogen) atoms. The van der Waals surface area contributed by atoms with Crippen molar-refractivity contribution in [1.82, 2.24) is 26.6 Å². The third kappa shape index (κ3) is 14.0. The van der Waals surface area contributed by atoms with E-state index in [-0.39, 0.29) is 30.9 Å². The molecule has 0 aliphatic heterocycles. The molecule has 0 bridgehead atoms. The molecule has 6 amide bonds. The Morgan fingerprint density at radius 1 is 0.783 bits per heavy atom. The van der Waals surface area contributed by atoms with Crippen molar-refractivity contribution in [2.45, 2.75) is 109 Å². The van der Waals surface area contributed by atoms with E-state index >= 15 is 4.79 Å². The van der Waals surface area contributed by atoms with E-state index in [1.807, 2.05) is 26.0 Å². The summed E-state index contributed by atoms with van der Waals surface area (Å²) in [6, 6.07) is 19.5. The van der Waals surface area contributed by atoms with Gasteiger partial charge in [-0.15, -0.1) is 0 Å². The van der Waals surface area contributed by atoms with Crippen molar-refractivity contribution >= 4 is 54.0 Å². The minimum absolute atomic E-state index is 0.0332. The lowest BCUT2D eigenvalue weighted by molar-refractivity contribution is -0.140. The number of carbonyl (C=O) groups is 7. The van der Waals surface area contributed by atoms with Gasteiger partial charge in [0.15, 0.2) is 5.78 Å². The fourth-order valence-electron chi connectivity index (χ4n) is 6.50. The lowest BCUT2D eigenvalue weighted by Crippen LogP contribution is -2.61. The molecule has 15 heteroatoms. The molecule has 7 N–H and O–H groups in total. The predicted molar refractivity (Wildman–Crippen MR) is 232 cm³/mol. The summed E-state index contributed by atoms with van der Waals surface area (Å²) in [4.78, 5) is 96.9. The Hall–Kier alpha value is -5.54. The highest BCUT2D eigenvalue weighted by Crippen LogP contribution is 2.33. The normalized spacial score (nSPS) is 14.8. The predicted octanol–water partition coefficient (Wildman–Crippen LogP) is 3.78. The van der Waals surface area contributed by atoms with Crippen LogP contribution in [-0.4, -0.2) is 76.9 Å². The smallest absolute Gasteiger partial charge is 0.414 e. The van der Waals surface area contributed by atoms with Gasteiger partial charge in [-0.2, -0.15) is 12.6 Å². The van der Waals surface area contributed by atoms with Crippen LogP contribution in [0.1, 0.15) is 76.1 Å². The van der Waals surface area contributed by atoms with E-state index in [1.54, 1.807) is 100 Å². The van der Waals surface area contributed by atoms with Crippen molar-refractivity contribution in [2.24, 2.45) is 11.7 Å². The number of ether oxygens (including phenoxy) is 1.